The number of aromatic nitrogens is 1. The van der Waals surface area contributed by atoms with Crippen LogP contribution in [0.3, 0.4) is 0 Å². The van der Waals surface area contributed by atoms with Crippen molar-refractivity contribution in [3.8, 4) is 0 Å². The highest BCUT2D eigenvalue weighted by molar-refractivity contribution is 9.10. The fourth-order valence-electron chi connectivity index (χ4n) is 2.04. The number of carbonyl (C=O) groups excluding carboxylic acids is 1. The molecule has 0 saturated carbocycles. The van der Waals surface area contributed by atoms with Crippen molar-refractivity contribution in [3.05, 3.63) is 62.2 Å². The van der Waals surface area contributed by atoms with Gasteiger partial charge in [0, 0.05) is 34.9 Å². The van der Waals surface area contributed by atoms with Crippen LogP contribution in [0.2, 0.25) is 0 Å². The Kier molecular flexibility index (Phi) is 4.87. The number of halogens is 1. The number of nitro benzene ring substituents is 1. The molecule has 0 atom stereocenters. The Hall–Kier alpha value is -2.28. The van der Waals surface area contributed by atoms with Gasteiger partial charge < -0.3 is 0 Å². The lowest BCUT2D eigenvalue weighted by Crippen LogP contribution is -2.31. The second-order valence-corrected chi connectivity index (χ2v) is 5.56. The van der Waals surface area contributed by atoms with Crippen molar-refractivity contribution in [1.82, 2.24) is 4.98 Å². The summed E-state index contributed by atoms with van der Waals surface area (Å²) in [5.74, 6) is 0.195. The second-order valence-electron chi connectivity index (χ2n) is 4.64. The number of pyridine rings is 1. The summed E-state index contributed by atoms with van der Waals surface area (Å²) in [4.78, 5) is 28.8. The zero-order valence-corrected chi connectivity index (χ0v) is 13.7. The van der Waals surface area contributed by atoms with E-state index in [4.69, 9.17) is 0 Å². The van der Waals surface area contributed by atoms with E-state index in [0.717, 1.165) is 4.47 Å². The summed E-state index contributed by atoms with van der Waals surface area (Å²) < 4.78 is 0.811. The molecule has 2 aromatic rings. The Bertz CT molecular complexity index is 716. The maximum atomic E-state index is 12.7. The molecular weight excluding hydrogens is 350 g/mol. The van der Waals surface area contributed by atoms with Gasteiger partial charge in [0.15, 0.2) is 0 Å². The largest absolute Gasteiger partial charge is 0.293 e. The van der Waals surface area contributed by atoms with E-state index in [-0.39, 0.29) is 11.6 Å². The molecule has 0 aliphatic carbocycles. The van der Waals surface area contributed by atoms with Crippen molar-refractivity contribution in [2.75, 3.05) is 11.4 Å². The number of benzene rings is 1. The number of hydrogen-bond acceptors (Lipinski definition) is 4. The van der Waals surface area contributed by atoms with Crippen molar-refractivity contribution in [3.63, 3.8) is 0 Å². The molecular formula is C15H14BrN3O3. The Morgan fingerprint density at radius 3 is 2.64 bits per heavy atom. The Morgan fingerprint density at radius 2 is 2.09 bits per heavy atom. The van der Waals surface area contributed by atoms with Gasteiger partial charge in [0.2, 0.25) is 0 Å². The molecule has 1 aromatic carbocycles. The summed E-state index contributed by atoms with van der Waals surface area (Å²) in [6, 6.07) is 7.78. The van der Waals surface area contributed by atoms with Gasteiger partial charge in [-0.1, -0.05) is 6.07 Å². The van der Waals surface area contributed by atoms with E-state index in [2.05, 4.69) is 20.9 Å². The Morgan fingerprint density at radius 1 is 1.36 bits per heavy atom. The Balaban J connectivity index is 2.42. The highest BCUT2D eigenvalue weighted by atomic mass is 79.9. The number of aryl methyl sites for hydroxylation is 1. The summed E-state index contributed by atoms with van der Waals surface area (Å²) in [6.45, 7) is 3.99. The van der Waals surface area contributed by atoms with Gasteiger partial charge in [-0.25, -0.2) is 4.98 Å². The quantitative estimate of drug-likeness (QED) is 0.612. The number of rotatable bonds is 4. The molecule has 0 N–H and O–H groups in total. The highest BCUT2D eigenvalue weighted by Crippen LogP contribution is 2.22. The molecule has 0 aliphatic heterocycles. The standard InChI is InChI=1S/C15H14BrN3O3/c1-3-18(14-7-5-11(16)9-17-14)15(20)13-8-12(19(21)22)6-4-10(13)2/h4-9H,3H2,1-2H3. The first-order valence-electron chi connectivity index (χ1n) is 6.62. The van der Waals surface area contributed by atoms with Gasteiger partial charge in [-0.2, -0.15) is 0 Å². The maximum Gasteiger partial charge on any atom is 0.270 e. The average Bonchev–Trinajstić information content (AvgIpc) is 2.50. The van der Waals surface area contributed by atoms with Gasteiger partial charge in [-0.05, 0) is 47.5 Å². The average molecular weight is 364 g/mol. The number of nitrogens with zero attached hydrogens (tertiary/aromatic N) is 3. The third kappa shape index (κ3) is 3.30. The van der Waals surface area contributed by atoms with Crippen LogP contribution >= 0.6 is 15.9 Å². The molecule has 0 saturated heterocycles. The van der Waals surface area contributed by atoms with E-state index in [1.165, 1.54) is 17.0 Å². The minimum Gasteiger partial charge on any atom is -0.293 e. The molecule has 7 heteroatoms. The number of anilines is 1. The molecule has 2 rings (SSSR count). The van der Waals surface area contributed by atoms with Crippen molar-refractivity contribution >= 4 is 33.3 Å². The number of non-ortho nitro benzene ring substituents is 1. The van der Waals surface area contributed by atoms with Crippen LogP contribution in [0.1, 0.15) is 22.8 Å². The topological polar surface area (TPSA) is 76.3 Å². The molecule has 0 unspecified atom stereocenters. The van der Waals surface area contributed by atoms with Crippen LogP contribution in [0, 0.1) is 17.0 Å². The van der Waals surface area contributed by atoms with Crippen LogP contribution in [0.4, 0.5) is 11.5 Å². The van der Waals surface area contributed by atoms with E-state index in [1.54, 1.807) is 31.3 Å². The molecule has 0 spiro atoms. The lowest BCUT2D eigenvalue weighted by atomic mass is 10.1. The number of nitro groups is 1. The third-order valence-corrected chi connectivity index (χ3v) is 3.68. The van der Waals surface area contributed by atoms with E-state index < -0.39 is 4.92 Å². The predicted molar refractivity (Wildman–Crippen MR) is 87.1 cm³/mol. The second kappa shape index (κ2) is 6.65. The predicted octanol–water partition coefficient (Wildman–Crippen LogP) is 3.73. The summed E-state index contributed by atoms with van der Waals surface area (Å²) in [5.41, 5.74) is 0.890. The summed E-state index contributed by atoms with van der Waals surface area (Å²) in [5, 5.41) is 10.9. The van der Waals surface area contributed by atoms with Crippen LogP contribution < -0.4 is 4.90 Å². The molecule has 1 aromatic heterocycles. The lowest BCUT2D eigenvalue weighted by Gasteiger charge is -2.20. The number of amides is 1. The maximum absolute atomic E-state index is 12.7. The van der Waals surface area contributed by atoms with Crippen LogP contribution in [0.5, 0.6) is 0 Å². The molecule has 22 heavy (non-hydrogen) atoms. The monoisotopic (exact) mass is 363 g/mol. The third-order valence-electron chi connectivity index (χ3n) is 3.21. The molecule has 1 heterocycles. The van der Waals surface area contributed by atoms with E-state index in [0.29, 0.717) is 23.5 Å². The molecule has 0 radical (unpaired) electrons. The zero-order valence-electron chi connectivity index (χ0n) is 12.1. The van der Waals surface area contributed by atoms with Gasteiger partial charge in [0.05, 0.1) is 4.92 Å². The Labute approximate surface area is 136 Å². The van der Waals surface area contributed by atoms with E-state index >= 15 is 0 Å². The van der Waals surface area contributed by atoms with Crippen molar-refractivity contribution in [1.29, 1.82) is 0 Å². The van der Waals surface area contributed by atoms with Crippen molar-refractivity contribution < 1.29 is 9.72 Å². The van der Waals surface area contributed by atoms with Gasteiger partial charge >= 0.3 is 0 Å². The molecule has 1 amide bonds. The first kappa shape index (κ1) is 16.1. The van der Waals surface area contributed by atoms with Crippen LogP contribution in [0.25, 0.3) is 0 Å². The van der Waals surface area contributed by atoms with Gasteiger partial charge in [0.25, 0.3) is 11.6 Å². The molecule has 0 aliphatic rings. The van der Waals surface area contributed by atoms with E-state index in [9.17, 15) is 14.9 Å². The van der Waals surface area contributed by atoms with Gasteiger partial charge in [-0.3, -0.25) is 19.8 Å². The fourth-order valence-corrected chi connectivity index (χ4v) is 2.27. The minimum absolute atomic E-state index is 0.103. The van der Waals surface area contributed by atoms with Crippen LogP contribution in [0.15, 0.2) is 41.0 Å². The zero-order chi connectivity index (χ0) is 16.3. The lowest BCUT2D eigenvalue weighted by molar-refractivity contribution is -0.384. The first-order valence-corrected chi connectivity index (χ1v) is 7.41. The van der Waals surface area contributed by atoms with Gasteiger partial charge in [0.1, 0.15) is 5.82 Å². The van der Waals surface area contributed by atoms with Crippen LogP contribution in [-0.2, 0) is 0 Å². The highest BCUT2D eigenvalue weighted by Gasteiger charge is 2.21. The SMILES string of the molecule is CCN(C(=O)c1cc([N+](=O)[O-])ccc1C)c1ccc(Br)cn1. The summed E-state index contributed by atoms with van der Waals surface area (Å²) in [7, 11) is 0. The molecule has 0 fully saturated rings. The molecule has 0 bridgehead atoms. The summed E-state index contributed by atoms with van der Waals surface area (Å²) >= 11 is 3.29. The first-order chi connectivity index (χ1) is 10.4. The number of carbonyl (C=O) groups is 1. The smallest absolute Gasteiger partial charge is 0.270 e. The number of hydrogen-bond donors (Lipinski definition) is 0. The summed E-state index contributed by atoms with van der Waals surface area (Å²) in [6.07, 6.45) is 1.60. The van der Waals surface area contributed by atoms with E-state index in [1.807, 2.05) is 6.92 Å². The molecule has 114 valence electrons. The fraction of sp³-hybridized carbons (Fsp3) is 0.200. The van der Waals surface area contributed by atoms with Crippen molar-refractivity contribution in [2.45, 2.75) is 13.8 Å². The van der Waals surface area contributed by atoms with Gasteiger partial charge in [-0.15, -0.1) is 0 Å². The van der Waals surface area contributed by atoms with Crippen LogP contribution in [-0.4, -0.2) is 22.4 Å². The minimum atomic E-state index is -0.510. The molecule has 6 nitrogen and oxygen atoms in total. The van der Waals surface area contributed by atoms with Crippen molar-refractivity contribution in [2.24, 2.45) is 0 Å². The normalized spacial score (nSPS) is 10.3.